The van der Waals surface area contributed by atoms with Crippen molar-refractivity contribution in [2.75, 3.05) is 0 Å². The van der Waals surface area contributed by atoms with Crippen molar-refractivity contribution in [1.29, 1.82) is 0 Å². The van der Waals surface area contributed by atoms with E-state index in [1.807, 2.05) is 0 Å². The van der Waals surface area contributed by atoms with E-state index >= 15 is 0 Å². The van der Waals surface area contributed by atoms with E-state index < -0.39 is 20.8 Å². The zero-order valence-electron chi connectivity index (χ0n) is 14.3. The molecule has 2 aromatic carbocycles. The zero-order chi connectivity index (χ0) is 21.8. The first kappa shape index (κ1) is 21.1. The molecular formula is C16H8Br2N2O8S2-2. The molecule has 0 fully saturated rings. The van der Waals surface area contributed by atoms with E-state index in [4.69, 9.17) is 0 Å². The summed E-state index contributed by atoms with van der Waals surface area (Å²) < 4.78 is 78.5. The Hall–Kier alpha value is -2.10. The summed E-state index contributed by atoms with van der Waals surface area (Å²) in [7, 11) is -10.4. The fourth-order valence-electron chi connectivity index (χ4n) is 3.01. The Balaban J connectivity index is 2.09. The first-order valence-corrected chi connectivity index (χ1v) is 12.1. The number of hydrogen-bond acceptors (Lipinski definition) is 8. The summed E-state index contributed by atoms with van der Waals surface area (Å²) in [6.45, 7) is 0. The molecule has 0 unspecified atom stereocenters. The summed E-state index contributed by atoms with van der Waals surface area (Å²) in [5.74, 6) is -0.778. The molecule has 4 rings (SSSR count). The summed E-state index contributed by atoms with van der Waals surface area (Å²) in [5, 5.41) is 0.434. The van der Waals surface area contributed by atoms with Gasteiger partial charge in [0.1, 0.15) is 11.4 Å². The fraction of sp³-hybridized carbons (Fsp3) is 0. The monoisotopic (exact) mass is 578 g/mol. The molecule has 0 radical (unpaired) electrons. The molecule has 0 spiro atoms. The average molecular weight is 580 g/mol. The molecule has 0 saturated heterocycles. The molecule has 2 N–H and O–H groups in total. The van der Waals surface area contributed by atoms with Crippen molar-refractivity contribution < 1.29 is 34.3 Å². The Labute approximate surface area is 186 Å². The topological polar surface area (TPSA) is 164 Å². The number of aromatic nitrogens is 2. The first-order chi connectivity index (χ1) is 13.9. The Kier molecular flexibility index (Phi) is 5.11. The third kappa shape index (κ3) is 4.19. The number of nitrogens with one attached hydrogen (secondary N) is 2. The highest BCUT2D eigenvalue weighted by molar-refractivity contribution is 9.10. The highest BCUT2D eigenvalue weighted by Gasteiger charge is 2.25. The Morgan fingerprint density at radius 1 is 0.700 bits per heavy atom. The number of H-pyrrole nitrogens is 2. The van der Waals surface area contributed by atoms with Gasteiger partial charge in [0.2, 0.25) is 0 Å². The van der Waals surface area contributed by atoms with Gasteiger partial charge in [0, 0.05) is 30.8 Å². The zero-order valence-corrected chi connectivity index (χ0v) is 19.1. The van der Waals surface area contributed by atoms with Crippen molar-refractivity contribution in [1.82, 2.24) is 9.97 Å². The van der Waals surface area contributed by atoms with Gasteiger partial charge in [-0.1, -0.05) is 31.9 Å². The molecule has 0 amide bonds. The Morgan fingerprint density at radius 2 is 1.07 bits per heavy atom. The van der Waals surface area contributed by atoms with E-state index in [2.05, 4.69) is 50.2 Å². The van der Waals surface area contributed by atoms with Crippen LogP contribution in [0.1, 0.15) is 0 Å². The average Bonchev–Trinajstić information content (AvgIpc) is 3.11. The minimum atomic E-state index is -5.19. The molecule has 4 aromatic rings. The number of fused-ring (bicyclic) bond motifs is 2. The van der Waals surface area contributed by atoms with Crippen molar-refractivity contribution in [3.05, 3.63) is 45.3 Å². The minimum absolute atomic E-state index is 0.103. The Morgan fingerprint density at radius 3 is 1.40 bits per heavy atom. The SMILES string of the molecule is O=S(=O)([O-])Oc1c(-c2[nH]c3ccc(Br)cc3c2OS(=O)(=O)[O-])[nH]c2ccc(Br)cc12. The minimum Gasteiger partial charge on any atom is -0.716 e. The van der Waals surface area contributed by atoms with Crippen LogP contribution in [0.4, 0.5) is 0 Å². The molecule has 10 nitrogen and oxygen atoms in total. The van der Waals surface area contributed by atoms with Gasteiger partial charge >= 0.3 is 0 Å². The molecule has 158 valence electrons. The number of hydrogen-bond donors (Lipinski definition) is 2. The van der Waals surface area contributed by atoms with Gasteiger partial charge in [-0.2, -0.15) is 0 Å². The summed E-state index contributed by atoms with van der Waals surface area (Å²) in [6.07, 6.45) is 0. The molecule has 0 bridgehead atoms. The van der Waals surface area contributed by atoms with E-state index in [1.165, 1.54) is 12.1 Å². The highest BCUT2D eigenvalue weighted by atomic mass is 79.9. The maximum atomic E-state index is 11.3. The smallest absolute Gasteiger partial charge is 0.262 e. The molecule has 14 heteroatoms. The maximum Gasteiger partial charge on any atom is 0.262 e. The van der Waals surface area contributed by atoms with Crippen LogP contribution >= 0.6 is 31.9 Å². The lowest BCUT2D eigenvalue weighted by Gasteiger charge is -2.12. The first-order valence-electron chi connectivity index (χ1n) is 7.85. The molecule has 2 heterocycles. The van der Waals surface area contributed by atoms with Gasteiger partial charge in [-0.25, -0.2) is 16.8 Å². The second-order valence-electron chi connectivity index (χ2n) is 6.02. The van der Waals surface area contributed by atoms with Gasteiger partial charge in [0.05, 0.1) is 0 Å². The molecule has 0 aliphatic rings. The van der Waals surface area contributed by atoms with E-state index in [9.17, 15) is 25.9 Å². The van der Waals surface area contributed by atoms with Crippen LogP contribution in [0.2, 0.25) is 0 Å². The van der Waals surface area contributed by atoms with Crippen molar-refractivity contribution in [3.8, 4) is 22.9 Å². The van der Waals surface area contributed by atoms with Gasteiger partial charge in [-0.05, 0) is 36.4 Å². The van der Waals surface area contributed by atoms with E-state index in [0.29, 0.717) is 20.0 Å². The normalized spacial score (nSPS) is 12.5. The third-order valence-electron chi connectivity index (χ3n) is 4.05. The van der Waals surface area contributed by atoms with Crippen molar-refractivity contribution >= 4 is 74.5 Å². The van der Waals surface area contributed by atoms with Crippen LogP contribution in [-0.4, -0.2) is 35.9 Å². The third-order valence-corrected chi connectivity index (χ3v) is 5.77. The van der Waals surface area contributed by atoms with E-state index in [-0.39, 0.29) is 33.7 Å². The van der Waals surface area contributed by atoms with Crippen molar-refractivity contribution in [3.63, 3.8) is 0 Å². The summed E-state index contributed by atoms with van der Waals surface area (Å²) in [6, 6.07) is 9.47. The quantitative estimate of drug-likeness (QED) is 0.268. The molecule has 0 aliphatic heterocycles. The fourth-order valence-corrected chi connectivity index (χ4v) is 4.48. The molecule has 0 aliphatic carbocycles. The lowest BCUT2D eigenvalue weighted by molar-refractivity contribution is 0.370. The molecule has 0 saturated carbocycles. The predicted molar refractivity (Wildman–Crippen MR) is 112 cm³/mol. The largest absolute Gasteiger partial charge is 0.716 e. The van der Waals surface area contributed by atoms with Crippen LogP contribution in [-0.2, 0) is 20.8 Å². The van der Waals surface area contributed by atoms with Crippen LogP contribution < -0.4 is 8.37 Å². The van der Waals surface area contributed by atoms with Crippen LogP contribution in [0.25, 0.3) is 33.2 Å². The van der Waals surface area contributed by atoms with Crippen LogP contribution in [0.15, 0.2) is 45.3 Å². The number of benzene rings is 2. The second kappa shape index (κ2) is 7.25. The summed E-state index contributed by atoms with van der Waals surface area (Å²) in [5.41, 5.74) is 0.548. The second-order valence-corrected chi connectivity index (χ2v) is 9.82. The lowest BCUT2D eigenvalue weighted by Crippen LogP contribution is -2.09. The van der Waals surface area contributed by atoms with Gasteiger partial charge < -0.3 is 27.4 Å². The van der Waals surface area contributed by atoms with E-state index in [0.717, 1.165) is 0 Å². The van der Waals surface area contributed by atoms with Crippen LogP contribution in [0.5, 0.6) is 11.5 Å². The molecule has 0 atom stereocenters. The molecular weight excluding hydrogens is 572 g/mol. The summed E-state index contributed by atoms with van der Waals surface area (Å²) in [4.78, 5) is 5.73. The predicted octanol–water partition coefficient (Wildman–Crippen LogP) is 3.52. The van der Waals surface area contributed by atoms with Gasteiger partial charge in [0.15, 0.2) is 11.5 Å². The van der Waals surface area contributed by atoms with Crippen molar-refractivity contribution in [2.24, 2.45) is 0 Å². The van der Waals surface area contributed by atoms with E-state index in [1.54, 1.807) is 24.3 Å². The molecule has 30 heavy (non-hydrogen) atoms. The standard InChI is InChI=1S/C16H10Br2N2O8S2/c17-7-1-3-11-9(5-7)15(27-29(21,22)23)13(19-11)14-16(28-30(24,25)26)10-6-8(18)2-4-12(10)20-14/h1-6,19-20H,(H,21,22,23)(H,24,25,26)/p-2. The van der Waals surface area contributed by atoms with Gasteiger partial charge in [-0.15, -0.1) is 0 Å². The molecule has 2 aromatic heterocycles. The number of halogens is 2. The highest BCUT2D eigenvalue weighted by Crippen LogP contribution is 2.45. The lowest BCUT2D eigenvalue weighted by atomic mass is 10.2. The van der Waals surface area contributed by atoms with Gasteiger partial charge in [-0.3, -0.25) is 0 Å². The van der Waals surface area contributed by atoms with Crippen LogP contribution in [0, 0.1) is 0 Å². The maximum absolute atomic E-state index is 11.3. The summed E-state index contributed by atoms with van der Waals surface area (Å²) >= 11 is 6.49. The number of aromatic amines is 2. The Bertz CT molecular complexity index is 1410. The van der Waals surface area contributed by atoms with Crippen LogP contribution in [0.3, 0.4) is 0 Å². The van der Waals surface area contributed by atoms with Crippen molar-refractivity contribution in [2.45, 2.75) is 0 Å². The number of rotatable bonds is 5. The van der Waals surface area contributed by atoms with Gasteiger partial charge in [0.25, 0.3) is 20.8 Å².